The lowest BCUT2D eigenvalue weighted by molar-refractivity contribution is -0.137. The second-order valence-electron chi connectivity index (χ2n) is 8.14. The Balaban J connectivity index is 1.31. The van der Waals surface area contributed by atoms with Gasteiger partial charge in [0, 0.05) is 37.7 Å². The molecule has 4 rings (SSSR count). The average Bonchev–Trinajstić information content (AvgIpc) is 3.43. The van der Waals surface area contributed by atoms with E-state index in [1.807, 2.05) is 12.1 Å². The number of amides is 2. The molecule has 16 heteroatoms. The third kappa shape index (κ3) is 7.60. The summed E-state index contributed by atoms with van der Waals surface area (Å²) in [6.07, 6.45) is 2.01. The Morgan fingerprint density at radius 1 is 1.00 bits per heavy atom. The summed E-state index contributed by atoms with van der Waals surface area (Å²) in [5, 5.41) is 11.2. The zero-order chi connectivity index (χ0) is 28.7. The first-order valence-electron chi connectivity index (χ1n) is 11.6. The molecule has 0 saturated heterocycles. The summed E-state index contributed by atoms with van der Waals surface area (Å²) < 4.78 is 39.2. The fourth-order valence-electron chi connectivity index (χ4n) is 3.27. The minimum absolute atomic E-state index is 0.106. The monoisotopic (exact) mass is 591 g/mol. The van der Waals surface area contributed by atoms with Gasteiger partial charge < -0.3 is 21.3 Å². The van der Waals surface area contributed by atoms with Gasteiger partial charge in [-0.05, 0) is 25.1 Å². The Bertz CT molecular complexity index is 1490. The number of halogens is 4. The summed E-state index contributed by atoms with van der Waals surface area (Å²) in [6, 6.07) is 5.26. The molecular weight excluding hydrogens is 571 g/mol. The molecule has 4 heterocycles. The maximum Gasteiger partial charge on any atom is 0.418 e. The second kappa shape index (κ2) is 12.7. The molecule has 0 aromatic carbocycles. The highest BCUT2D eigenvalue weighted by Gasteiger charge is 2.34. The summed E-state index contributed by atoms with van der Waals surface area (Å²) in [4.78, 5) is 45.4. The van der Waals surface area contributed by atoms with Crippen molar-refractivity contribution in [2.75, 3.05) is 29.0 Å². The van der Waals surface area contributed by atoms with E-state index in [4.69, 9.17) is 11.6 Å². The molecule has 0 fully saturated rings. The molecule has 0 aliphatic rings. The molecule has 0 bridgehead atoms. The van der Waals surface area contributed by atoms with Gasteiger partial charge in [0.15, 0.2) is 0 Å². The van der Waals surface area contributed by atoms with Crippen LogP contribution >= 0.6 is 22.9 Å². The zero-order valence-electron chi connectivity index (χ0n) is 20.7. The van der Waals surface area contributed by atoms with Gasteiger partial charge in [-0.3, -0.25) is 14.6 Å². The number of carbonyl (C=O) groups is 2. The van der Waals surface area contributed by atoms with Crippen molar-refractivity contribution in [3.05, 3.63) is 81.5 Å². The van der Waals surface area contributed by atoms with Crippen LogP contribution in [-0.2, 0) is 6.18 Å². The van der Waals surface area contributed by atoms with E-state index < -0.39 is 34.6 Å². The van der Waals surface area contributed by atoms with Crippen LogP contribution in [0.5, 0.6) is 0 Å². The van der Waals surface area contributed by atoms with Crippen LogP contribution in [0.3, 0.4) is 0 Å². The van der Waals surface area contributed by atoms with Crippen molar-refractivity contribution in [3.63, 3.8) is 0 Å². The maximum absolute atomic E-state index is 13.1. The van der Waals surface area contributed by atoms with E-state index in [9.17, 15) is 22.8 Å². The molecule has 208 valence electrons. The quantitative estimate of drug-likeness (QED) is 0.193. The molecule has 0 spiro atoms. The smallest absolute Gasteiger partial charge is 0.382 e. The van der Waals surface area contributed by atoms with Crippen LogP contribution in [0, 0.1) is 0 Å². The molecule has 40 heavy (non-hydrogen) atoms. The highest BCUT2D eigenvalue weighted by molar-refractivity contribution is 7.13. The Hall–Kier alpha value is -4.37. The van der Waals surface area contributed by atoms with E-state index in [0.717, 1.165) is 23.2 Å². The Labute approximate surface area is 234 Å². The standard InChI is InChI=1S/C24H21ClF3N9O2S/c1-13(23-33-11-18(40-23)22(39)37-20-7-15(24(26,27)28)16(25)10-32-20)36-21(38)17-8-19(35-12-34-17)31-6-5-30-14-3-2-4-29-9-14/h2-4,7-13,30H,5-6H2,1H3,(H,36,38)(H,31,34,35)(H,32,37,39). The van der Waals surface area contributed by atoms with Gasteiger partial charge in [-0.2, -0.15) is 13.2 Å². The van der Waals surface area contributed by atoms with E-state index in [1.54, 1.807) is 19.3 Å². The van der Waals surface area contributed by atoms with Crippen molar-refractivity contribution in [3.8, 4) is 0 Å². The molecule has 0 radical (unpaired) electrons. The largest absolute Gasteiger partial charge is 0.418 e. The van der Waals surface area contributed by atoms with Crippen LogP contribution in [0.4, 0.5) is 30.5 Å². The summed E-state index contributed by atoms with van der Waals surface area (Å²) >= 11 is 6.53. The fourth-order valence-corrected chi connectivity index (χ4v) is 4.30. The van der Waals surface area contributed by atoms with Crippen molar-refractivity contribution in [1.29, 1.82) is 0 Å². The van der Waals surface area contributed by atoms with E-state index in [-0.39, 0.29) is 16.4 Å². The van der Waals surface area contributed by atoms with Crippen LogP contribution in [0.15, 0.2) is 55.4 Å². The molecule has 4 aromatic heterocycles. The number of alkyl halides is 3. The topological polar surface area (TPSA) is 147 Å². The number of pyridine rings is 2. The van der Waals surface area contributed by atoms with Gasteiger partial charge in [0.2, 0.25) is 0 Å². The van der Waals surface area contributed by atoms with Crippen LogP contribution in [0.1, 0.15) is 43.7 Å². The molecule has 2 amide bonds. The van der Waals surface area contributed by atoms with Gasteiger partial charge in [-0.25, -0.2) is 19.9 Å². The average molecular weight is 592 g/mol. The zero-order valence-corrected chi connectivity index (χ0v) is 22.2. The van der Waals surface area contributed by atoms with Gasteiger partial charge in [0.1, 0.15) is 33.5 Å². The molecule has 0 aliphatic carbocycles. The number of thiazole rings is 1. The molecule has 0 saturated carbocycles. The van der Waals surface area contributed by atoms with E-state index in [1.165, 1.54) is 18.6 Å². The third-order valence-corrected chi connectivity index (χ3v) is 6.67. The SMILES string of the molecule is CC(NC(=O)c1cc(NCCNc2cccnc2)ncn1)c1ncc(C(=O)Nc2cc(C(F)(F)F)c(Cl)cn2)s1. The number of nitrogens with zero attached hydrogens (tertiary/aromatic N) is 5. The lowest BCUT2D eigenvalue weighted by Crippen LogP contribution is -2.27. The molecule has 0 aliphatic heterocycles. The number of hydrogen-bond donors (Lipinski definition) is 4. The lowest BCUT2D eigenvalue weighted by Gasteiger charge is -2.12. The molecule has 1 unspecified atom stereocenters. The Kier molecular flexibility index (Phi) is 9.06. The van der Waals surface area contributed by atoms with Gasteiger partial charge in [-0.1, -0.05) is 11.6 Å². The molecule has 4 aromatic rings. The number of aromatic nitrogens is 5. The highest BCUT2D eigenvalue weighted by atomic mass is 35.5. The molecule has 4 N–H and O–H groups in total. The second-order valence-corrected chi connectivity index (χ2v) is 9.61. The summed E-state index contributed by atoms with van der Waals surface area (Å²) in [5.41, 5.74) is -0.125. The van der Waals surface area contributed by atoms with Gasteiger partial charge >= 0.3 is 6.18 Å². The van der Waals surface area contributed by atoms with Crippen molar-refractivity contribution in [2.24, 2.45) is 0 Å². The summed E-state index contributed by atoms with van der Waals surface area (Å²) in [6.45, 7) is 2.78. The molecule has 11 nitrogen and oxygen atoms in total. The number of carbonyl (C=O) groups excluding carboxylic acids is 2. The maximum atomic E-state index is 13.1. The van der Waals surface area contributed by atoms with Crippen molar-refractivity contribution < 1.29 is 22.8 Å². The summed E-state index contributed by atoms with van der Waals surface area (Å²) in [5.74, 6) is -1.06. The normalized spacial score (nSPS) is 11.9. The van der Waals surface area contributed by atoms with Gasteiger partial charge in [0.05, 0.1) is 28.5 Å². The van der Waals surface area contributed by atoms with E-state index in [2.05, 4.69) is 46.2 Å². The van der Waals surface area contributed by atoms with Gasteiger partial charge in [-0.15, -0.1) is 11.3 Å². The molecular formula is C24H21ClF3N9O2S. The van der Waals surface area contributed by atoms with Crippen LogP contribution < -0.4 is 21.3 Å². The number of nitrogens with one attached hydrogen (secondary N) is 4. The Morgan fingerprint density at radius 3 is 2.55 bits per heavy atom. The predicted molar refractivity (Wildman–Crippen MR) is 143 cm³/mol. The fraction of sp³-hybridized carbons (Fsp3) is 0.208. The third-order valence-electron chi connectivity index (χ3n) is 5.19. The van der Waals surface area contributed by atoms with Crippen molar-refractivity contribution >= 4 is 52.1 Å². The first-order chi connectivity index (χ1) is 19.1. The Morgan fingerprint density at radius 2 is 1.80 bits per heavy atom. The minimum atomic E-state index is -4.71. The first kappa shape index (κ1) is 28.6. The highest BCUT2D eigenvalue weighted by Crippen LogP contribution is 2.35. The first-order valence-corrected chi connectivity index (χ1v) is 12.8. The van der Waals surface area contributed by atoms with E-state index in [0.29, 0.717) is 30.0 Å². The van der Waals surface area contributed by atoms with E-state index >= 15 is 0 Å². The van der Waals surface area contributed by atoms with Crippen molar-refractivity contribution in [2.45, 2.75) is 19.1 Å². The minimum Gasteiger partial charge on any atom is -0.382 e. The van der Waals surface area contributed by atoms with Crippen LogP contribution in [0.2, 0.25) is 5.02 Å². The summed E-state index contributed by atoms with van der Waals surface area (Å²) in [7, 11) is 0. The predicted octanol–water partition coefficient (Wildman–Crippen LogP) is 4.66. The number of rotatable bonds is 10. The lowest BCUT2D eigenvalue weighted by atomic mass is 10.2. The van der Waals surface area contributed by atoms with Crippen LogP contribution in [0.25, 0.3) is 0 Å². The van der Waals surface area contributed by atoms with Crippen molar-refractivity contribution in [1.82, 2.24) is 30.2 Å². The van der Waals surface area contributed by atoms with Crippen LogP contribution in [-0.4, -0.2) is 49.8 Å². The number of anilines is 3. The number of hydrogen-bond acceptors (Lipinski definition) is 10. The molecule has 1 atom stereocenters. The van der Waals surface area contributed by atoms with Gasteiger partial charge in [0.25, 0.3) is 11.8 Å².